The first-order valence-electron chi connectivity index (χ1n) is 7.54. The molecule has 0 aliphatic carbocycles. The number of nitrogens with one attached hydrogen (secondary N) is 2. The van der Waals surface area contributed by atoms with Gasteiger partial charge >= 0.3 is 6.09 Å². The maximum Gasteiger partial charge on any atom is 0.407 e. The lowest BCUT2D eigenvalue weighted by molar-refractivity contribution is -0.116. The standard InChI is InChI=1S/C16H24N2O5S/c1-16(2,3)23-15(20)17-10-6-9-14(19)18-12-7-5-8-13(11-12)24(4,21)22/h5,7-8,11H,6,9-10H2,1-4H3,(H,17,20)(H,18,19). The number of benzene rings is 1. The molecule has 134 valence electrons. The number of alkyl carbamates (subject to hydrolysis) is 1. The van der Waals surface area contributed by atoms with E-state index < -0.39 is 21.5 Å². The van der Waals surface area contributed by atoms with Crippen molar-refractivity contribution in [3.8, 4) is 0 Å². The van der Waals surface area contributed by atoms with Crippen LogP contribution in [0.25, 0.3) is 0 Å². The average molecular weight is 356 g/mol. The van der Waals surface area contributed by atoms with Crippen LogP contribution in [0.5, 0.6) is 0 Å². The normalized spacial score (nSPS) is 11.7. The lowest BCUT2D eigenvalue weighted by atomic mass is 10.2. The van der Waals surface area contributed by atoms with Gasteiger partial charge in [-0.25, -0.2) is 13.2 Å². The maximum atomic E-state index is 11.8. The SMILES string of the molecule is CC(C)(C)OC(=O)NCCCC(=O)Nc1cccc(S(C)(=O)=O)c1. The number of hydrogen-bond acceptors (Lipinski definition) is 5. The van der Waals surface area contributed by atoms with E-state index in [4.69, 9.17) is 4.74 Å². The molecule has 0 aliphatic heterocycles. The summed E-state index contributed by atoms with van der Waals surface area (Å²) >= 11 is 0. The first-order chi connectivity index (χ1) is 11.0. The molecule has 0 atom stereocenters. The van der Waals surface area contributed by atoms with Gasteiger partial charge < -0.3 is 15.4 Å². The Morgan fingerprint density at radius 3 is 2.46 bits per heavy atom. The number of amides is 2. The van der Waals surface area contributed by atoms with Crippen molar-refractivity contribution in [3.05, 3.63) is 24.3 Å². The quantitative estimate of drug-likeness (QED) is 0.762. The van der Waals surface area contributed by atoms with Crippen LogP contribution in [0.2, 0.25) is 0 Å². The van der Waals surface area contributed by atoms with Gasteiger partial charge in [-0.2, -0.15) is 0 Å². The third kappa shape index (κ3) is 7.96. The second-order valence-corrected chi connectivity index (χ2v) is 8.40. The van der Waals surface area contributed by atoms with E-state index in [0.717, 1.165) is 6.26 Å². The molecule has 2 N–H and O–H groups in total. The van der Waals surface area contributed by atoms with Gasteiger partial charge in [-0.1, -0.05) is 6.07 Å². The smallest absolute Gasteiger partial charge is 0.407 e. The van der Waals surface area contributed by atoms with Crippen LogP contribution in [0.15, 0.2) is 29.2 Å². The Morgan fingerprint density at radius 2 is 1.88 bits per heavy atom. The number of anilines is 1. The van der Waals surface area contributed by atoms with Crippen molar-refractivity contribution in [1.82, 2.24) is 5.32 Å². The lowest BCUT2D eigenvalue weighted by Crippen LogP contribution is -2.33. The van der Waals surface area contributed by atoms with E-state index in [1.807, 2.05) is 0 Å². The molecule has 0 aromatic heterocycles. The molecule has 0 bridgehead atoms. The minimum atomic E-state index is -3.32. The largest absolute Gasteiger partial charge is 0.444 e. The van der Waals surface area contributed by atoms with E-state index in [9.17, 15) is 18.0 Å². The van der Waals surface area contributed by atoms with Crippen LogP contribution in [0.1, 0.15) is 33.6 Å². The predicted molar refractivity (Wildman–Crippen MR) is 91.7 cm³/mol. The summed E-state index contributed by atoms with van der Waals surface area (Å²) in [7, 11) is -3.32. The second kappa shape index (κ2) is 8.14. The van der Waals surface area contributed by atoms with Gasteiger partial charge in [0, 0.05) is 24.9 Å². The first kappa shape index (κ1) is 20.0. The van der Waals surface area contributed by atoms with E-state index in [2.05, 4.69) is 10.6 Å². The average Bonchev–Trinajstić information content (AvgIpc) is 2.41. The molecule has 0 heterocycles. The van der Waals surface area contributed by atoms with Crippen molar-refractivity contribution in [1.29, 1.82) is 0 Å². The first-order valence-corrected chi connectivity index (χ1v) is 9.43. The number of sulfone groups is 1. The van der Waals surface area contributed by atoms with Crippen LogP contribution in [-0.2, 0) is 19.4 Å². The van der Waals surface area contributed by atoms with Gasteiger partial charge in [0.2, 0.25) is 5.91 Å². The number of ether oxygens (including phenoxy) is 1. The highest BCUT2D eigenvalue weighted by Crippen LogP contribution is 2.15. The molecule has 8 heteroatoms. The van der Waals surface area contributed by atoms with Gasteiger partial charge in [-0.15, -0.1) is 0 Å². The molecule has 7 nitrogen and oxygen atoms in total. The Hall–Kier alpha value is -2.09. The van der Waals surface area contributed by atoms with Crippen LogP contribution in [-0.4, -0.2) is 38.8 Å². The Morgan fingerprint density at radius 1 is 1.21 bits per heavy atom. The molecule has 1 rings (SSSR count). The minimum Gasteiger partial charge on any atom is -0.444 e. The molecule has 0 fully saturated rings. The van der Waals surface area contributed by atoms with Crippen molar-refractivity contribution in [2.45, 2.75) is 44.1 Å². The summed E-state index contributed by atoms with van der Waals surface area (Å²) in [5.74, 6) is -0.258. The van der Waals surface area contributed by atoms with Gasteiger partial charge in [0.05, 0.1) is 4.90 Å². The number of carbonyl (C=O) groups is 2. The zero-order valence-electron chi connectivity index (χ0n) is 14.4. The van der Waals surface area contributed by atoms with Crippen molar-refractivity contribution >= 4 is 27.5 Å². The Bertz CT molecular complexity index is 693. The molecule has 0 unspecified atom stereocenters. The third-order valence-corrected chi connectivity index (χ3v) is 3.91. The van der Waals surface area contributed by atoms with Crippen LogP contribution in [0.4, 0.5) is 10.5 Å². The molecular weight excluding hydrogens is 332 g/mol. The zero-order chi connectivity index (χ0) is 18.4. The number of rotatable bonds is 6. The molecule has 24 heavy (non-hydrogen) atoms. The van der Waals surface area contributed by atoms with Gasteiger partial charge in [0.1, 0.15) is 5.60 Å². The van der Waals surface area contributed by atoms with Gasteiger partial charge in [-0.3, -0.25) is 4.79 Å². The lowest BCUT2D eigenvalue weighted by Gasteiger charge is -2.19. The molecule has 0 aliphatic rings. The number of hydrogen-bond donors (Lipinski definition) is 2. The fourth-order valence-corrected chi connectivity index (χ4v) is 2.45. The summed E-state index contributed by atoms with van der Waals surface area (Å²) in [6, 6.07) is 6.06. The highest BCUT2D eigenvalue weighted by Gasteiger charge is 2.15. The third-order valence-electron chi connectivity index (χ3n) is 2.79. The van der Waals surface area contributed by atoms with E-state index >= 15 is 0 Å². The highest BCUT2D eigenvalue weighted by atomic mass is 32.2. The van der Waals surface area contributed by atoms with Gasteiger partial charge in [-0.05, 0) is 45.4 Å². The topological polar surface area (TPSA) is 102 Å². The van der Waals surface area contributed by atoms with E-state index in [1.54, 1.807) is 32.9 Å². The van der Waals surface area contributed by atoms with Crippen LogP contribution in [0, 0.1) is 0 Å². The summed E-state index contributed by atoms with van der Waals surface area (Å²) in [6.07, 6.45) is 1.22. The molecule has 0 saturated heterocycles. The van der Waals surface area contributed by atoms with Crippen LogP contribution < -0.4 is 10.6 Å². The van der Waals surface area contributed by atoms with Crippen LogP contribution >= 0.6 is 0 Å². The Labute approximate surface area is 142 Å². The predicted octanol–water partition coefficient (Wildman–Crippen LogP) is 2.33. The van der Waals surface area contributed by atoms with Crippen molar-refractivity contribution in [2.24, 2.45) is 0 Å². The minimum absolute atomic E-state index is 0.145. The van der Waals surface area contributed by atoms with E-state index in [-0.39, 0.29) is 17.2 Å². The molecule has 2 amide bonds. The van der Waals surface area contributed by atoms with E-state index in [0.29, 0.717) is 18.7 Å². The monoisotopic (exact) mass is 356 g/mol. The fourth-order valence-electron chi connectivity index (χ4n) is 1.78. The molecule has 0 spiro atoms. The highest BCUT2D eigenvalue weighted by molar-refractivity contribution is 7.90. The van der Waals surface area contributed by atoms with Crippen molar-refractivity contribution in [2.75, 3.05) is 18.1 Å². The van der Waals surface area contributed by atoms with Crippen LogP contribution in [0.3, 0.4) is 0 Å². The van der Waals surface area contributed by atoms with Crippen molar-refractivity contribution in [3.63, 3.8) is 0 Å². The van der Waals surface area contributed by atoms with E-state index in [1.165, 1.54) is 12.1 Å². The summed E-state index contributed by atoms with van der Waals surface area (Å²) < 4.78 is 28.0. The molecule has 1 aromatic carbocycles. The summed E-state index contributed by atoms with van der Waals surface area (Å²) in [5.41, 5.74) is -0.144. The maximum absolute atomic E-state index is 11.8. The van der Waals surface area contributed by atoms with Gasteiger partial charge in [0.25, 0.3) is 0 Å². The Kier molecular flexibility index (Phi) is 6.77. The van der Waals surface area contributed by atoms with Crippen molar-refractivity contribution < 1.29 is 22.7 Å². The molecule has 0 radical (unpaired) electrons. The number of carbonyl (C=O) groups excluding carboxylic acids is 2. The summed E-state index contributed by atoms with van der Waals surface area (Å²) in [4.78, 5) is 23.4. The molecular formula is C16H24N2O5S. The summed E-state index contributed by atoms with van der Waals surface area (Å²) in [5, 5.41) is 5.20. The zero-order valence-corrected chi connectivity index (χ0v) is 15.2. The Balaban J connectivity index is 2.39. The summed E-state index contributed by atoms with van der Waals surface area (Å²) in [6.45, 7) is 5.62. The van der Waals surface area contributed by atoms with Gasteiger partial charge in [0.15, 0.2) is 9.84 Å². The molecule has 1 aromatic rings. The fraction of sp³-hybridized carbons (Fsp3) is 0.500. The molecule has 0 saturated carbocycles. The second-order valence-electron chi connectivity index (χ2n) is 6.38.